The van der Waals surface area contributed by atoms with E-state index in [1.165, 1.54) is 0 Å². The lowest BCUT2D eigenvalue weighted by atomic mass is 10.2. The van der Waals surface area contributed by atoms with Crippen LogP contribution >= 0.6 is 0 Å². The van der Waals surface area contributed by atoms with Gasteiger partial charge in [0.2, 0.25) is 0 Å². The molecule has 4 heteroatoms. The number of fused-ring (bicyclic) bond motifs is 1. The Morgan fingerprint density at radius 1 is 1.11 bits per heavy atom. The normalized spacial score (nSPS) is 10.7. The minimum Gasteiger partial charge on any atom is -0.487 e. The van der Waals surface area contributed by atoms with Gasteiger partial charge >= 0.3 is 0 Å². The van der Waals surface area contributed by atoms with E-state index in [9.17, 15) is 0 Å². The number of hydrogen-bond acceptors (Lipinski definition) is 3. The maximum atomic E-state index is 5.81. The summed E-state index contributed by atoms with van der Waals surface area (Å²) in [5, 5.41) is 7.90. The Labute approximate surface area is 105 Å². The molecule has 0 atom stereocenters. The van der Waals surface area contributed by atoms with E-state index in [4.69, 9.17) is 4.74 Å². The van der Waals surface area contributed by atoms with Crippen molar-refractivity contribution in [1.29, 1.82) is 0 Å². The first kappa shape index (κ1) is 10.8. The third kappa shape index (κ3) is 1.93. The van der Waals surface area contributed by atoms with Crippen molar-refractivity contribution in [3.63, 3.8) is 0 Å². The monoisotopic (exact) mass is 239 g/mol. The summed E-state index contributed by atoms with van der Waals surface area (Å²) < 4.78 is 7.59. The van der Waals surface area contributed by atoms with Crippen LogP contribution in [0.25, 0.3) is 5.52 Å². The molecule has 3 aromatic rings. The standard InChI is InChI=1S/C14H13N3O/c1-11-14(8-7-13-9-15-16-17(11)13)18-10-12-5-3-2-4-6-12/h2-9H,10H2,1H3. The fourth-order valence-electron chi connectivity index (χ4n) is 1.89. The Balaban J connectivity index is 1.84. The molecule has 0 aliphatic carbocycles. The van der Waals surface area contributed by atoms with E-state index >= 15 is 0 Å². The van der Waals surface area contributed by atoms with Crippen LogP contribution in [0.5, 0.6) is 5.75 Å². The zero-order valence-corrected chi connectivity index (χ0v) is 10.1. The van der Waals surface area contributed by atoms with Gasteiger partial charge in [-0.05, 0) is 24.6 Å². The summed E-state index contributed by atoms with van der Waals surface area (Å²) in [5.41, 5.74) is 3.08. The number of rotatable bonds is 3. The molecule has 0 spiro atoms. The fourth-order valence-corrected chi connectivity index (χ4v) is 1.89. The topological polar surface area (TPSA) is 39.4 Å². The Kier molecular flexibility index (Phi) is 2.68. The highest BCUT2D eigenvalue weighted by Gasteiger charge is 2.05. The smallest absolute Gasteiger partial charge is 0.141 e. The SMILES string of the molecule is Cc1c(OCc2ccccc2)ccc2cnnn12. The molecular weight excluding hydrogens is 226 g/mol. The molecule has 0 amide bonds. The van der Waals surface area contributed by atoms with Crippen molar-refractivity contribution in [1.82, 2.24) is 14.8 Å². The number of hydrogen-bond donors (Lipinski definition) is 0. The lowest BCUT2D eigenvalue weighted by Crippen LogP contribution is -2.01. The minimum atomic E-state index is 0.557. The molecule has 0 aliphatic heterocycles. The van der Waals surface area contributed by atoms with E-state index in [0.29, 0.717) is 6.61 Å². The van der Waals surface area contributed by atoms with Crippen molar-refractivity contribution in [2.75, 3.05) is 0 Å². The number of pyridine rings is 1. The van der Waals surface area contributed by atoms with Gasteiger partial charge in [0.05, 0.1) is 17.4 Å². The zero-order chi connectivity index (χ0) is 12.4. The molecule has 90 valence electrons. The van der Waals surface area contributed by atoms with Crippen molar-refractivity contribution < 1.29 is 4.74 Å². The van der Waals surface area contributed by atoms with Crippen molar-refractivity contribution >= 4 is 5.52 Å². The fraction of sp³-hybridized carbons (Fsp3) is 0.143. The average Bonchev–Trinajstić information content (AvgIpc) is 2.88. The maximum Gasteiger partial charge on any atom is 0.141 e. The lowest BCUT2D eigenvalue weighted by molar-refractivity contribution is 0.301. The van der Waals surface area contributed by atoms with E-state index in [1.807, 2.05) is 49.4 Å². The molecule has 1 aromatic carbocycles. The van der Waals surface area contributed by atoms with Crippen molar-refractivity contribution in [3.8, 4) is 5.75 Å². The number of ether oxygens (including phenoxy) is 1. The molecule has 18 heavy (non-hydrogen) atoms. The molecule has 0 saturated carbocycles. The first-order valence-corrected chi connectivity index (χ1v) is 5.81. The van der Waals surface area contributed by atoms with Gasteiger partial charge in [0.15, 0.2) is 0 Å². The van der Waals surface area contributed by atoms with E-state index in [-0.39, 0.29) is 0 Å². The average molecular weight is 239 g/mol. The second kappa shape index (κ2) is 4.49. The third-order valence-corrected chi connectivity index (χ3v) is 2.89. The van der Waals surface area contributed by atoms with Crippen LogP contribution in [0.1, 0.15) is 11.3 Å². The number of nitrogens with zero attached hydrogens (tertiary/aromatic N) is 3. The first-order valence-electron chi connectivity index (χ1n) is 5.81. The Morgan fingerprint density at radius 3 is 2.78 bits per heavy atom. The third-order valence-electron chi connectivity index (χ3n) is 2.89. The molecule has 0 bridgehead atoms. The predicted octanol–water partition coefficient (Wildman–Crippen LogP) is 2.62. The van der Waals surface area contributed by atoms with E-state index in [2.05, 4.69) is 10.3 Å². The Morgan fingerprint density at radius 2 is 1.94 bits per heavy atom. The molecular formula is C14H13N3O. The van der Waals surface area contributed by atoms with Crippen LogP contribution in [-0.4, -0.2) is 14.8 Å². The summed E-state index contributed by atoms with van der Waals surface area (Å²) in [6.07, 6.45) is 1.73. The van der Waals surface area contributed by atoms with Gasteiger partial charge in [0.25, 0.3) is 0 Å². The molecule has 2 heterocycles. The summed E-state index contributed by atoms with van der Waals surface area (Å²) in [5.74, 6) is 0.830. The molecule has 0 saturated heterocycles. The molecule has 0 N–H and O–H groups in total. The maximum absolute atomic E-state index is 5.81. The van der Waals surface area contributed by atoms with Crippen LogP contribution in [0, 0.1) is 6.92 Å². The van der Waals surface area contributed by atoms with Crippen molar-refractivity contribution in [3.05, 3.63) is 59.9 Å². The Hall–Kier alpha value is -2.36. The van der Waals surface area contributed by atoms with Crippen LogP contribution < -0.4 is 4.74 Å². The largest absolute Gasteiger partial charge is 0.487 e. The van der Waals surface area contributed by atoms with E-state index < -0.39 is 0 Å². The van der Waals surface area contributed by atoms with Gasteiger partial charge in [-0.3, -0.25) is 0 Å². The zero-order valence-electron chi connectivity index (χ0n) is 10.1. The minimum absolute atomic E-state index is 0.557. The highest BCUT2D eigenvalue weighted by molar-refractivity contribution is 5.48. The van der Waals surface area contributed by atoms with E-state index in [0.717, 1.165) is 22.5 Å². The molecule has 0 aliphatic rings. The molecule has 4 nitrogen and oxygen atoms in total. The quantitative estimate of drug-likeness (QED) is 0.705. The molecule has 0 fully saturated rings. The Bertz CT molecular complexity index is 661. The number of aromatic nitrogens is 3. The van der Waals surface area contributed by atoms with Crippen LogP contribution in [0.4, 0.5) is 0 Å². The second-order valence-electron chi connectivity index (χ2n) is 4.13. The van der Waals surface area contributed by atoms with Crippen molar-refractivity contribution in [2.45, 2.75) is 13.5 Å². The van der Waals surface area contributed by atoms with Gasteiger partial charge in [-0.15, -0.1) is 5.10 Å². The summed E-state index contributed by atoms with van der Waals surface area (Å²) >= 11 is 0. The molecule has 2 aromatic heterocycles. The summed E-state index contributed by atoms with van der Waals surface area (Å²) in [4.78, 5) is 0. The molecule has 3 rings (SSSR count). The van der Waals surface area contributed by atoms with E-state index in [1.54, 1.807) is 10.7 Å². The number of aryl methyl sites for hydroxylation is 1. The van der Waals surface area contributed by atoms with Crippen LogP contribution in [0.3, 0.4) is 0 Å². The predicted molar refractivity (Wildman–Crippen MR) is 68.5 cm³/mol. The van der Waals surface area contributed by atoms with Gasteiger partial charge in [-0.2, -0.15) is 0 Å². The van der Waals surface area contributed by atoms with Gasteiger partial charge < -0.3 is 4.74 Å². The second-order valence-corrected chi connectivity index (χ2v) is 4.13. The van der Waals surface area contributed by atoms with Crippen LogP contribution in [0.15, 0.2) is 48.7 Å². The first-order chi connectivity index (χ1) is 8.84. The summed E-state index contributed by atoms with van der Waals surface area (Å²) in [6.45, 7) is 2.53. The van der Waals surface area contributed by atoms with Crippen LogP contribution in [0.2, 0.25) is 0 Å². The van der Waals surface area contributed by atoms with Gasteiger partial charge in [-0.25, -0.2) is 4.52 Å². The number of benzene rings is 1. The van der Waals surface area contributed by atoms with Gasteiger partial charge in [0.1, 0.15) is 12.4 Å². The highest BCUT2D eigenvalue weighted by Crippen LogP contribution is 2.19. The van der Waals surface area contributed by atoms with Crippen molar-refractivity contribution in [2.24, 2.45) is 0 Å². The molecule has 0 unspecified atom stereocenters. The highest BCUT2D eigenvalue weighted by atomic mass is 16.5. The summed E-state index contributed by atoms with van der Waals surface area (Å²) in [6, 6.07) is 14.0. The molecule has 0 radical (unpaired) electrons. The van der Waals surface area contributed by atoms with Gasteiger partial charge in [-0.1, -0.05) is 35.5 Å². The van der Waals surface area contributed by atoms with Gasteiger partial charge in [0, 0.05) is 0 Å². The van der Waals surface area contributed by atoms with Crippen LogP contribution in [-0.2, 0) is 6.61 Å². The summed E-state index contributed by atoms with van der Waals surface area (Å²) in [7, 11) is 0. The lowest BCUT2D eigenvalue weighted by Gasteiger charge is -2.09.